The first-order valence-corrected chi connectivity index (χ1v) is 7.02. The highest BCUT2D eigenvalue weighted by atomic mass is 35.5. The summed E-state index contributed by atoms with van der Waals surface area (Å²) >= 11 is 7.56. The second-order valence-corrected chi connectivity index (χ2v) is 5.36. The largest absolute Gasteiger partial charge is 0.388 e. The Balaban J connectivity index is 2.07. The topological polar surface area (TPSA) is 54.0 Å². The molecule has 0 spiro atoms. The van der Waals surface area contributed by atoms with Gasteiger partial charge < -0.3 is 10.6 Å². The lowest BCUT2D eigenvalue weighted by molar-refractivity contribution is 0.0951. The maximum absolute atomic E-state index is 12.1. The van der Waals surface area contributed by atoms with Gasteiger partial charge in [0.15, 0.2) is 0 Å². The van der Waals surface area contributed by atoms with Crippen LogP contribution in [0.1, 0.15) is 21.1 Å². The van der Waals surface area contributed by atoms with Crippen molar-refractivity contribution < 1.29 is 4.79 Å². The normalized spacial score (nSPS) is 10.3. The Labute approximate surface area is 120 Å². The third kappa shape index (κ3) is 3.45. The maximum atomic E-state index is 12.1. The zero-order valence-electron chi connectivity index (χ0n) is 10.7. The summed E-state index contributed by atoms with van der Waals surface area (Å²) in [6.07, 6.45) is 0. The van der Waals surface area contributed by atoms with Crippen LogP contribution in [0.4, 0.5) is 5.69 Å². The van der Waals surface area contributed by atoms with Gasteiger partial charge in [-0.1, -0.05) is 11.6 Å². The molecule has 0 bridgehead atoms. The molecule has 0 radical (unpaired) electrons. The minimum Gasteiger partial charge on any atom is -0.388 e. The van der Waals surface area contributed by atoms with Crippen LogP contribution in [-0.4, -0.2) is 17.9 Å². The molecule has 0 atom stereocenters. The van der Waals surface area contributed by atoms with Gasteiger partial charge in [-0.25, -0.2) is 4.98 Å². The molecule has 6 heteroatoms. The van der Waals surface area contributed by atoms with Gasteiger partial charge in [-0.15, -0.1) is 11.3 Å². The molecule has 0 saturated carbocycles. The Morgan fingerprint density at radius 1 is 1.47 bits per heavy atom. The number of hydrogen-bond acceptors (Lipinski definition) is 4. The molecule has 1 amide bonds. The van der Waals surface area contributed by atoms with Crippen LogP contribution in [0.3, 0.4) is 0 Å². The van der Waals surface area contributed by atoms with Gasteiger partial charge in [0, 0.05) is 23.8 Å². The molecule has 2 aromatic rings. The molecule has 19 heavy (non-hydrogen) atoms. The Morgan fingerprint density at radius 3 is 2.89 bits per heavy atom. The highest BCUT2D eigenvalue weighted by molar-refractivity contribution is 7.09. The van der Waals surface area contributed by atoms with Gasteiger partial charge in [0.2, 0.25) is 0 Å². The van der Waals surface area contributed by atoms with E-state index in [0.29, 0.717) is 17.1 Å². The van der Waals surface area contributed by atoms with E-state index in [-0.39, 0.29) is 5.91 Å². The Hall–Kier alpha value is -1.59. The van der Waals surface area contributed by atoms with Crippen LogP contribution in [0.25, 0.3) is 0 Å². The van der Waals surface area contributed by atoms with Crippen LogP contribution in [0.5, 0.6) is 0 Å². The van der Waals surface area contributed by atoms with Crippen molar-refractivity contribution in [3.63, 3.8) is 0 Å². The van der Waals surface area contributed by atoms with E-state index in [1.54, 1.807) is 19.2 Å². The Morgan fingerprint density at radius 2 is 2.26 bits per heavy atom. The zero-order valence-corrected chi connectivity index (χ0v) is 12.2. The van der Waals surface area contributed by atoms with Crippen LogP contribution in [0.15, 0.2) is 23.6 Å². The van der Waals surface area contributed by atoms with Crippen molar-refractivity contribution in [2.24, 2.45) is 0 Å². The quantitative estimate of drug-likeness (QED) is 0.911. The van der Waals surface area contributed by atoms with Crippen molar-refractivity contribution >= 4 is 34.5 Å². The van der Waals surface area contributed by atoms with Crippen LogP contribution < -0.4 is 10.6 Å². The summed E-state index contributed by atoms with van der Waals surface area (Å²) in [5, 5.41) is 9.07. The van der Waals surface area contributed by atoms with E-state index in [4.69, 9.17) is 11.6 Å². The van der Waals surface area contributed by atoms with Crippen molar-refractivity contribution in [3.8, 4) is 0 Å². The Bertz CT molecular complexity index is 597. The predicted molar refractivity (Wildman–Crippen MR) is 79.0 cm³/mol. The number of halogens is 1. The lowest BCUT2D eigenvalue weighted by Crippen LogP contribution is -2.23. The third-order valence-electron chi connectivity index (χ3n) is 2.57. The van der Waals surface area contributed by atoms with Crippen molar-refractivity contribution in [1.82, 2.24) is 10.3 Å². The number of anilines is 1. The molecule has 4 nitrogen and oxygen atoms in total. The number of nitrogens with zero attached hydrogens (tertiary/aromatic N) is 1. The molecular weight excluding hydrogens is 282 g/mol. The van der Waals surface area contributed by atoms with Crippen LogP contribution >= 0.6 is 22.9 Å². The first-order valence-electron chi connectivity index (χ1n) is 5.76. The molecule has 0 saturated heterocycles. The smallest absolute Gasteiger partial charge is 0.253 e. The van der Waals surface area contributed by atoms with Crippen molar-refractivity contribution in [2.75, 3.05) is 12.4 Å². The standard InChI is InChI=1S/C13H14ClN3OS/c1-8-7-19-12(17-8)6-16-13(18)10-5-9(15-2)3-4-11(10)14/h3-5,7,15H,6H2,1-2H3,(H,16,18). The van der Waals surface area contributed by atoms with E-state index < -0.39 is 0 Å². The van der Waals surface area contributed by atoms with Gasteiger partial charge in [-0.05, 0) is 25.1 Å². The highest BCUT2D eigenvalue weighted by Gasteiger charge is 2.11. The van der Waals surface area contributed by atoms with Crippen molar-refractivity contribution in [2.45, 2.75) is 13.5 Å². The summed E-state index contributed by atoms with van der Waals surface area (Å²) in [4.78, 5) is 16.4. The van der Waals surface area contributed by atoms with E-state index in [1.807, 2.05) is 18.4 Å². The SMILES string of the molecule is CNc1ccc(Cl)c(C(=O)NCc2nc(C)cs2)c1. The van der Waals surface area contributed by atoms with Crippen LogP contribution in [-0.2, 0) is 6.54 Å². The minimum absolute atomic E-state index is 0.199. The molecule has 2 N–H and O–H groups in total. The average molecular weight is 296 g/mol. The van der Waals surface area contributed by atoms with Gasteiger partial charge in [-0.2, -0.15) is 0 Å². The van der Waals surface area contributed by atoms with E-state index in [9.17, 15) is 4.79 Å². The average Bonchev–Trinajstić information content (AvgIpc) is 2.82. The predicted octanol–water partition coefficient (Wildman–Crippen LogP) is 3.08. The van der Waals surface area contributed by atoms with Gasteiger partial charge in [0.25, 0.3) is 5.91 Å². The number of carbonyl (C=O) groups is 1. The third-order valence-corrected chi connectivity index (χ3v) is 3.86. The summed E-state index contributed by atoms with van der Waals surface area (Å²) < 4.78 is 0. The van der Waals surface area contributed by atoms with E-state index in [1.165, 1.54) is 11.3 Å². The van der Waals surface area contributed by atoms with Gasteiger partial charge in [-0.3, -0.25) is 4.79 Å². The minimum atomic E-state index is -0.199. The fourth-order valence-corrected chi connectivity index (χ4v) is 2.50. The van der Waals surface area contributed by atoms with Crippen LogP contribution in [0.2, 0.25) is 5.02 Å². The summed E-state index contributed by atoms with van der Waals surface area (Å²) in [6, 6.07) is 5.25. The zero-order chi connectivity index (χ0) is 13.8. The second kappa shape index (κ2) is 6.04. The molecule has 0 aliphatic carbocycles. The molecule has 1 aromatic carbocycles. The number of carbonyl (C=O) groups excluding carboxylic acids is 1. The molecule has 2 rings (SSSR count). The number of thiazole rings is 1. The number of aryl methyl sites for hydroxylation is 1. The molecule has 100 valence electrons. The Kier molecular flexibility index (Phi) is 4.39. The lowest BCUT2D eigenvalue weighted by Gasteiger charge is -2.07. The first kappa shape index (κ1) is 13.8. The fraction of sp³-hybridized carbons (Fsp3) is 0.231. The molecule has 1 aromatic heterocycles. The number of amides is 1. The second-order valence-electron chi connectivity index (χ2n) is 4.01. The molecule has 0 aliphatic rings. The van der Waals surface area contributed by atoms with Gasteiger partial charge >= 0.3 is 0 Å². The molecule has 0 fully saturated rings. The summed E-state index contributed by atoms with van der Waals surface area (Å²) in [5.74, 6) is -0.199. The first-order chi connectivity index (χ1) is 9.10. The maximum Gasteiger partial charge on any atom is 0.253 e. The molecule has 0 unspecified atom stereocenters. The lowest BCUT2D eigenvalue weighted by atomic mass is 10.2. The van der Waals surface area contributed by atoms with E-state index >= 15 is 0 Å². The van der Waals surface area contributed by atoms with Crippen molar-refractivity contribution in [3.05, 3.63) is 44.9 Å². The number of nitrogens with one attached hydrogen (secondary N) is 2. The van der Waals surface area contributed by atoms with Crippen LogP contribution in [0, 0.1) is 6.92 Å². The summed E-state index contributed by atoms with van der Waals surface area (Å²) in [6.45, 7) is 2.34. The number of benzene rings is 1. The number of rotatable bonds is 4. The molecule has 0 aliphatic heterocycles. The molecule has 1 heterocycles. The number of hydrogen-bond donors (Lipinski definition) is 2. The van der Waals surface area contributed by atoms with Gasteiger partial charge in [0.05, 0.1) is 17.1 Å². The van der Waals surface area contributed by atoms with E-state index in [2.05, 4.69) is 15.6 Å². The number of aromatic nitrogens is 1. The molecular formula is C13H14ClN3OS. The summed E-state index contributed by atoms with van der Waals surface area (Å²) in [5.41, 5.74) is 2.27. The van der Waals surface area contributed by atoms with E-state index in [0.717, 1.165) is 16.4 Å². The highest BCUT2D eigenvalue weighted by Crippen LogP contribution is 2.20. The van der Waals surface area contributed by atoms with Gasteiger partial charge in [0.1, 0.15) is 5.01 Å². The fourth-order valence-electron chi connectivity index (χ4n) is 1.59. The monoisotopic (exact) mass is 295 g/mol. The summed E-state index contributed by atoms with van der Waals surface area (Å²) in [7, 11) is 1.79. The van der Waals surface area contributed by atoms with Crippen molar-refractivity contribution in [1.29, 1.82) is 0 Å².